The lowest BCUT2D eigenvalue weighted by Gasteiger charge is -2.34. The summed E-state index contributed by atoms with van der Waals surface area (Å²) in [5.74, 6) is -0.263. The third kappa shape index (κ3) is 4.89. The van der Waals surface area contributed by atoms with Gasteiger partial charge in [0.15, 0.2) is 0 Å². The first-order valence-corrected chi connectivity index (χ1v) is 9.49. The Labute approximate surface area is 169 Å². The second-order valence-corrected chi connectivity index (χ2v) is 7.12. The van der Waals surface area contributed by atoms with Crippen LogP contribution in [0.15, 0.2) is 48.5 Å². The fourth-order valence-electron chi connectivity index (χ4n) is 3.06. The fraction of sp³-hybridized carbons (Fsp3) is 0.286. The second-order valence-electron chi connectivity index (χ2n) is 6.68. The van der Waals surface area contributed by atoms with Crippen LogP contribution in [-0.4, -0.2) is 53.7 Å². The minimum absolute atomic E-state index is 0.0288. The van der Waals surface area contributed by atoms with Gasteiger partial charge < -0.3 is 15.1 Å². The Morgan fingerprint density at radius 2 is 1.39 bits per heavy atom. The maximum Gasteiger partial charge on any atom is 0.253 e. The lowest BCUT2D eigenvalue weighted by Crippen LogP contribution is -2.50. The summed E-state index contributed by atoms with van der Waals surface area (Å²) < 4.78 is 0. The van der Waals surface area contributed by atoms with Crippen LogP contribution >= 0.6 is 11.6 Å². The highest BCUT2D eigenvalue weighted by Crippen LogP contribution is 2.12. The van der Waals surface area contributed by atoms with Crippen molar-refractivity contribution in [1.82, 2.24) is 15.1 Å². The number of benzene rings is 2. The molecule has 0 aromatic heterocycles. The molecule has 146 valence electrons. The number of carbonyl (C=O) groups excluding carboxylic acids is 3. The molecule has 1 N–H and O–H groups in total. The van der Waals surface area contributed by atoms with Gasteiger partial charge in [0.05, 0.1) is 0 Å². The number of nitrogens with zero attached hydrogens (tertiary/aromatic N) is 2. The van der Waals surface area contributed by atoms with E-state index >= 15 is 0 Å². The third-order valence-corrected chi connectivity index (χ3v) is 5.02. The van der Waals surface area contributed by atoms with Gasteiger partial charge in [-0.05, 0) is 42.0 Å². The maximum absolute atomic E-state index is 12.6. The number of hydrogen-bond donors (Lipinski definition) is 1. The summed E-state index contributed by atoms with van der Waals surface area (Å²) in [6.45, 7) is 4.06. The molecule has 0 bridgehead atoms. The van der Waals surface area contributed by atoms with Crippen LogP contribution in [0.1, 0.15) is 33.2 Å². The molecule has 1 heterocycles. The number of hydrogen-bond acceptors (Lipinski definition) is 3. The van der Waals surface area contributed by atoms with Crippen molar-refractivity contribution < 1.29 is 14.4 Å². The molecule has 0 unspecified atom stereocenters. The highest BCUT2D eigenvalue weighted by Gasteiger charge is 2.23. The molecule has 0 spiro atoms. The van der Waals surface area contributed by atoms with Crippen molar-refractivity contribution in [1.29, 1.82) is 0 Å². The molecule has 3 amide bonds. The zero-order valence-electron chi connectivity index (χ0n) is 15.7. The monoisotopic (exact) mass is 399 g/mol. The molecule has 2 aromatic rings. The largest absolute Gasteiger partial charge is 0.348 e. The first kappa shape index (κ1) is 19.9. The zero-order valence-corrected chi connectivity index (χ0v) is 16.4. The number of piperazine rings is 1. The normalized spacial score (nSPS) is 13.9. The molecule has 6 nitrogen and oxygen atoms in total. The van der Waals surface area contributed by atoms with E-state index in [1.165, 1.54) is 6.92 Å². The van der Waals surface area contributed by atoms with E-state index in [-0.39, 0.29) is 17.7 Å². The number of rotatable bonds is 4. The van der Waals surface area contributed by atoms with Crippen molar-refractivity contribution >= 4 is 29.3 Å². The van der Waals surface area contributed by atoms with E-state index in [9.17, 15) is 14.4 Å². The Hall–Kier alpha value is -2.86. The van der Waals surface area contributed by atoms with Gasteiger partial charge in [-0.15, -0.1) is 0 Å². The molecule has 3 rings (SSSR count). The van der Waals surface area contributed by atoms with Crippen LogP contribution in [0.5, 0.6) is 0 Å². The van der Waals surface area contributed by atoms with Gasteiger partial charge in [0, 0.05) is 55.8 Å². The summed E-state index contributed by atoms with van der Waals surface area (Å²) >= 11 is 5.85. The van der Waals surface area contributed by atoms with Crippen LogP contribution in [0.3, 0.4) is 0 Å². The molecule has 0 atom stereocenters. The summed E-state index contributed by atoms with van der Waals surface area (Å²) in [5, 5.41) is 3.50. The summed E-state index contributed by atoms with van der Waals surface area (Å²) in [7, 11) is 0. The van der Waals surface area contributed by atoms with E-state index in [4.69, 9.17) is 11.6 Å². The molecule has 0 saturated carbocycles. The molecule has 7 heteroatoms. The molecular weight excluding hydrogens is 378 g/mol. The molecule has 0 aliphatic carbocycles. The van der Waals surface area contributed by atoms with Crippen LogP contribution < -0.4 is 5.32 Å². The maximum atomic E-state index is 12.6. The van der Waals surface area contributed by atoms with Crippen LogP contribution in [0.2, 0.25) is 5.02 Å². The van der Waals surface area contributed by atoms with Gasteiger partial charge in [0.2, 0.25) is 5.91 Å². The Morgan fingerprint density at radius 1 is 0.857 bits per heavy atom. The number of amides is 3. The van der Waals surface area contributed by atoms with E-state index in [1.807, 2.05) is 12.1 Å². The zero-order chi connectivity index (χ0) is 20.1. The van der Waals surface area contributed by atoms with Crippen molar-refractivity contribution in [3.8, 4) is 0 Å². The summed E-state index contributed by atoms with van der Waals surface area (Å²) in [6.07, 6.45) is 0. The molecular formula is C21H22ClN3O3. The van der Waals surface area contributed by atoms with Crippen molar-refractivity contribution in [2.75, 3.05) is 26.2 Å². The topological polar surface area (TPSA) is 69.7 Å². The Morgan fingerprint density at radius 3 is 1.96 bits per heavy atom. The third-order valence-electron chi connectivity index (χ3n) is 4.77. The van der Waals surface area contributed by atoms with E-state index in [0.29, 0.717) is 48.9 Å². The van der Waals surface area contributed by atoms with Gasteiger partial charge in [-0.25, -0.2) is 0 Å². The van der Waals surface area contributed by atoms with Crippen molar-refractivity contribution in [3.63, 3.8) is 0 Å². The van der Waals surface area contributed by atoms with E-state index in [1.54, 1.807) is 46.2 Å². The molecule has 1 aliphatic heterocycles. The highest BCUT2D eigenvalue weighted by atomic mass is 35.5. The lowest BCUT2D eigenvalue weighted by molar-refractivity contribution is -0.130. The molecule has 28 heavy (non-hydrogen) atoms. The van der Waals surface area contributed by atoms with Gasteiger partial charge in [0.1, 0.15) is 0 Å². The average molecular weight is 400 g/mol. The molecule has 2 aromatic carbocycles. The van der Waals surface area contributed by atoms with E-state index in [0.717, 1.165) is 5.56 Å². The molecule has 1 saturated heterocycles. The second kappa shape index (κ2) is 8.89. The van der Waals surface area contributed by atoms with Gasteiger partial charge in [-0.3, -0.25) is 14.4 Å². The minimum Gasteiger partial charge on any atom is -0.348 e. The summed E-state index contributed by atoms with van der Waals surface area (Å²) in [6, 6.07) is 13.9. The van der Waals surface area contributed by atoms with E-state index in [2.05, 4.69) is 5.32 Å². The lowest BCUT2D eigenvalue weighted by atomic mass is 10.1. The van der Waals surface area contributed by atoms with Crippen LogP contribution in [0.25, 0.3) is 0 Å². The SMILES string of the molecule is CC(=O)N1CCN(C(=O)c2ccc(C(=O)NCc3ccc(Cl)cc3)cc2)CC1. The summed E-state index contributed by atoms with van der Waals surface area (Å²) in [5.41, 5.74) is 1.98. The first-order chi connectivity index (χ1) is 13.4. The van der Waals surface area contributed by atoms with E-state index < -0.39 is 0 Å². The Balaban J connectivity index is 1.55. The van der Waals surface area contributed by atoms with Crippen molar-refractivity contribution in [3.05, 3.63) is 70.2 Å². The van der Waals surface area contributed by atoms with Crippen LogP contribution in [0, 0.1) is 0 Å². The smallest absolute Gasteiger partial charge is 0.253 e. The van der Waals surface area contributed by atoms with Gasteiger partial charge in [-0.2, -0.15) is 0 Å². The van der Waals surface area contributed by atoms with Crippen molar-refractivity contribution in [2.45, 2.75) is 13.5 Å². The number of carbonyl (C=O) groups is 3. The van der Waals surface area contributed by atoms with Gasteiger partial charge >= 0.3 is 0 Å². The van der Waals surface area contributed by atoms with Crippen LogP contribution in [-0.2, 0) is 11.3 Å². The predicted molar refractivity (Wildman–Crippen MR) is 107 cm³/mol. The van der Waals surface area contributed by atoms with Crippen molar-refractivity contribution in [2.24, 2.45) is 0 Å². The molecule has 0 radical (unpaired) electrons. The number of halogens is 1. The standard InChI is InChI=1S/C21H22ClN3O3/c1-15(26)24-10-12-25(13-11-24)21(28)18-6-4-17(5-7-18)20(27)23-14-16-2-8-19(22)9-3-16/h2-9H,10-14H2,1H3,(H,23,27). The fourth-order valence-corrected chi connectivity index (χ4v) is 3.18. The van der Waals surface area contributed by atoms with Gasteiger partial charge in [-0.1, -0.05) is 23.7 Å². The number of nitrogens with one attached hydrogen (secondary N) is 1. The summed E-state index contributed by atoms with van der Waals surface area (Å²) in [4.78, 5) is 39.8. The minimum atomic E-state index is -0.205. The predicted octanol–water partition coefficient (Wildman–Crippen LogP) is 2.57. The molecule has 1 aliphatic rings. The van der Waals surface area contributed by atoms with Crippen LogP contribution in [0.4, 0.5) is 0 Å². The average Bonchev–Trinajstić information content (AvgIpc) is 2.73. The molecule has 1 fully saturated rings. The Kier molecular flexibility index (Phi) is 6.31. The highest BCUT2D eigenvalue weighted by molar-refractivity contribution is 6.30. The quantitative estimate of drug-likeness (QED) is 0.859. The van der Waals surface area contributed by atoms with Gasteiger partial charge in [0.25, 0.3) is 11.8 Å². The first-order valence-electron chi connectivity index (χ1n) is 9.11. The Bertz CT molecular complexity index is 857.